The number of piperazine rings is 1. The molecule has 0 radical (unpaired) electrons. The molecule has 9 heteroatoms. The van der Waals surface area contributed by atoms with Crippen LogP contribution in [0.5, 0.6) is 0 Å². The van der Waals surface area contributed by atoms with Crippen molar-refractivity contribution in [3.63, 3.8) is 0 Å². The van der Waals surface area contributed by atoms with E-state index in [1.807, 2.05) is 48.5 Å². The fraction of sp³-hybridized carbons (Fsp3) is 0.432. The third-order valence-corrected chi connectivity index (χ3v) is 12.1. The van der Waals surface area contributed by atoms with Crippen LogP contribution in [0.1, 0.15) is 111 Å². The van der Waals surface area contributed by atoms with E-state index in [9.17, 15) is 4.79 Å². The summed E-state index contributed by atoms with van der Waals surface area (Å²) in [5.41, 5.74) is 5.86. The monoisotopic (exact) mass is 773 g/mol. The van der Waals surface area contributed by atoms with Crippen molar-refractivity contribution in [1.29, 1.82) is 0 Å². The Labute approximate surface area is 330 Å². The van der Waals surface area contributed by atoms with Crippen molar-refractivity contribution in [2.75, 3.05) is 26.2 Å². The lowest BCUT2D eigenvalue weighted by atomic mass is 9.94. The molecule has 0 bridgehead atoms. The van der Waals surface area contributed by atoms with E-state index in [4.69, 9.17) is 34.8 Å². The van der Waals surface area contributed by atoms with Crippen molar-refractivity contribution in [2.45, 2.75) is 96.2 Å². The molecule has 7 rings (SSSR count). The molecule has 1 saturated heterocycles. The van der Waals surface area contributed by atoms with E-state index >= 15 is 0 Å². The number of aromatic nitrogens is 1. The lowest BCUT2D eigenvalue weighted by Gasteiger charge is -2.36. The first-order chi connectivity index (χ1) is 25.7. The zero-order valence-corrected chi connectivity index (χ0v) is 33.5. The normalized spacial score (nSPS) is 18.4. The smallest absolute Gasteiger partial charge is 0.268 e. The van der Waals surface area contributed by atoms with Crippen LogP contribution < -0.4 is 10.6 Å². The van der Waals surface area contributed by atoms with Crippen LogP contribution in [0.15, 0.2) is 79.5 Å². The van der Waals surface area contributed by atoms with Gasteiger partial charge in [0, 0.05) is 69.8 Å². The Morgan fingerprint density at radius 3 is 2.19 bits per heavy atom. The molecule has 1 aliphatic heterocycles. The van der Waals surface area contributed by atoms with Crippen molar-refractivity contribution in [2.24, 2.45) is 0 Å². The van der Waals surface area contributed by atoms with Crippen molar-refractivity contribution in [3.05, 3.63) is 117 Å². The van der Waals surface area contributed by atoms with E-state index in [0.29, 0.717) is 20.8 Å². The van der Waals surface area contributed by atoms with Crippen LogP contribution in [-0.4, -0.2) is 59.0 Å². The molecule has 0 spiro atoms. The lowest BCUT2D eigenvalue weighted by Crippen LogP contribution is -2.48. The van der Waals surface area contributed by atoms with E-state index in [0.717, 1.165) is 70.6 Å². The fourth-order valence-electron chi connectivity index (χ4n) is 8.35. The van der Waals surface area contributed by atoms with Gasteiger partial charge in [-0.15, -0.1) is 0 Å². The quantitative estimate of drug-likeness (QED) is 0.158. The number of hydrogen-bond donors (Lipinski definition) is 3. The zero-order valence-electron chi connectivity index (χ0n) is 31.2. The minimum absolute atomic E-state index is 0.126. The van der Waals surface area contributed by atoms with Gasteiger partial charge in [-0.1, -0.05) is 122 Å². The van der Waals surface area contributed by atoms with Crippen molar-refractivity contribution >= 4 is 62.9 Å². The molecule has 282 valence electrons. The van der Waals surface area contributed by atoms with Crippen LogP contribution in [-0.2, 0) is 0 Å². The van der Waals surface area contributed by atoms with Gasteiger partial charge in [0.25, 0.3) is 5.91 Å². The highest BCUT2D eigenvalue weighted by molar-refractivity contribution is 6.35. The third-order valence-electron chi connectivity index (χ3n) is 11.3. The van der Waals surface area contributed by atoms with Crippen LogP contribution in [0.3, 0.4) is 0 Å². The van der Waals surface area contributed by atoms with Gasteiger partial charge in [0.2, 0.25) is 0 Å². The number of allylic oxidation sites excluding steroid dienone is 1. The number of amides is 1. The Bertz CT molecular complexity index is 1850. The molecule has 2 saturated carbocycles. The maximum atomic E-state index is 14.0. The molecule has 3 aromatic carbocycles. The van der Waals surface area contributed by atoms with E-state index in [1.165, 1.54) is 64.7 Å². The molecule has 4 aromatic rings. The standard InChI is InChI=1S/C34H34Cl3N3O.C10H20N2/c1-4-40(22(3)27-17-15-24(35)19-29(27)37)33(21(2)23-11-7-5-8-12-23)31-28-18-16-25(36)20-30(28)39-32(31)34(41)38-26-13-9-6-10-14-26;1-2-4-10(5-3-1)12-8-6-11-7-9-12/h4-5,7-8,11-12,15-20,22,26,39H,1,6,9-10,13-14H2,2-3H3,(H,38,41);10-11H,1-9H2/b33-21+;. The van der Waals surface area contributed by atoms with E-state index in [1.54, 1.807) is 12.3 Å². The van der Waals surface area contributed by atoms with Crippen LogP contribution >= 0.6 is 34.8 Å². The summed E-state index contributed by atoms with van der Waals surface area (Å²) in [6.07, 6.45) is 14.6. The lowest BCUT2D eigenvalue weighted by molar-refractivity contribution is 0.0923. The summed E-state index contributed by atoms with van der Waals surface area (Å²) in [6.45, 7) is 13.3. The van der Waals surface area contributed by atoms with Crippen LogP contribution in [0.25, 0.3) is 22.2 Å². The van der Waals surface area contributed by atoms with Gasteiger partial charge in [0.15, 0.2) is 0 Å². The Balaban J connectivity index is 0.000000337. The number of carbonyl (C=O) groups excluding carboxylic acids is 1. The second kappa shape index (κ2) is 18.9. The van der Waals surface area contributed by atoms with Gasteiger partial charge in [-0.2, -0.15) is 0 Å². The number of benzene rings is 3. The maximum Gasteiger partial charge on any atom is 0.268 e. The number of aromatic amines is 1. The summed E-state index contributed by atoms with van der Waals surface area (Å²) in [4.78, 5) is 22.2. The number of carbonyl (C=O) groups is 1. The van der Waals surface area contributed by atoms with Gasteiger partial charge in [-0.3, -0.25) is 9.69 Å². The SMILES string of the molecule is C1CCC(N2CCNCC2)CC1.C=CN(/C(=C(\C)c1ccccc1)c1c(C(=O)NC2CCCCC2)[nH]c2cc(Cl)ccc12)C(C)c1ccc(Cl)cc1Cl. The van der Waals surface area contributed by atoms with Gasteiger partial charge in [0.05, 0.1) is 11.7 Å². The molecular weight excluding hydrogens is 721 g/mol. The summed E-state index contributed by atoms with van der Waals surface area (Å²) in [6, 6.07) is 22.3. The summed E-state index contributed by atoms with van der Waals surface area (Å²) >= 11 is 19.4. The number of H-pyrrole nitrogens is 1. The fourth-order valence-corrected chi connectivity index (χ4v) is 9.09. The van der Waals surface area contributed by atoms with Gasteiger partial charge in [-0.05, 0) is 86.7 Å². The minimum Gasteiger partial charge on any atom is -0.350 e. The maximum absolute atomic E-state index is 14.0. The Kier molecular flexibility index (Phi) is 14.0. The van der Waals surface area contributed by atoms with Crippen molar-refractivity contribution in [3.8, 4) is 0 Å². The zero-order chi connectivity index (χ0) is 37.3. The second-order valence-electron chi connectivity index (χ2n) is 14.7. The average Bonchev–Trinajstić information content (AvgIpc) is 3.56. The summed E-state index contributed by atoms with van der Waals surface area (Å²) in [5, 5.41) is 9.35. The van der Waals surface area contributed by atoms with Crippen molar-refractivity contribution < 1.29 is 4.79 Å². The van der Waals surface area contributed by atoms with Crippen LogP contribution in [0.2, 0.25) is 15.1 Å². The molecule has 1 aromatic heterocycles. The van der Waals surface area contributed by atoms with Gasteiger partial charge in [-0.25, -0.2) is 0 Å². The molecule has 53 heavy (non-hydrogen) atoms. The molecule has 3 aliphatic rings. The molecule has 1 amide bonds. The van der Waals surface area contributed by atoms with E-state index in [-0.39, 0.29) is 18.0 Å². The number of rotatable bonds is 9. The van der Waals surface area contributed by atoms with Gasteiger partial charge >= 0.3 is 0 Å². The van der Waals surface area contributed by atoms with Crippen molar-refractivity contribution in [1.82, 2.24) is 25.4 Å². The Morgan fingerprint density at radius 1 is 0.887 bits per heavy atom. The molecule has 2 aliphatic carbocycles. The highest BCUT2D eigenvalue weighted by atomic mass is 35.5. The number of fused-ring (bicyclic) bond motifs is 1. The summed E-state index contributed by atoms with van der Waals surface area (Å²) in [7, 11) is 0. The Morgan fingerprint density at radius 2 is 1.53 bits per heavy atom. The first-order valence-electron chi connectivity index (χ1n) is 19.4. The summed E-state index contributed by atoms with van der Waals surface area (Å²) < 4.78 is 0. The molecule has 6 nitrogen and oxygen atoms in total. The molecular formula is C44H54Cl3N5O. The topological polar surface area (TPSA) is 63.4 Å². The van der Waals surface area contributed by atoms with Crippen LogP contribution in [0, 0.1) is 0 Å². The molecule has 1 unspecified atom stereocenters. The summed E-state index contributed by atoms with van der Waals surface area (Å²) in [5.74, 6) is -0.126. The highest BCUT2D eigenvalue weighted by Gasteiger charge is 2.30. The number of nitrogens with one attached hydrogen (secondary N) is 3. The molecule has 3 N–H and O–H groups in total. The van der Waals surface area contributed by atoms with Crippen LogP contribution in [0.4, 0.5) is 0 Å². The first kappa shape index (κ1) is 39.4. The average molecular weight is 775 g/mol. The number of hydrogen-bond acceptors (Lipinski definition) is 4. The van der Waals surface area contributed by atoms with E-state index in [2.05, 4.69) is 58.0 Å². The Hall–Kier alpha value is -3.26. The third kappa shape index (κ3) is 9.71. The number of halogens is 3. The highest BCUT2D eigenvalue weighted by Crippen LogP contribution is 2.42. The minimum atomic E-state index is -0.225. The molecule has 2 heterocycles. The predicted octanol–water partition coefficient (Wildman–Crippen LogP) is 11.5. The largest absolute Gasteiger partial charge is 0.350 e. The van der Waals surface area contributed by atoms with E-state index < -0.39 is 0 Å². The first-order valence-corrected chi connectivity index (χ1v) is 20.6. The molecule has 3 fully saturated rings. The predicted molar refractivity (Wildman–Crippen MR) is 225 cm³/mol. The molecule has 1 atom stereocenters. The number of nitrogens with zero attached hydrogens (tertiary/aromatic N) is 2. The van der Waals surface area contributed by atoms with Gasteiger partial charge < -0.3 is 20.5 Å². The second-order valence-corrected chi connectivity index (χ2v) is 16.0. The van der Waals surface area contributed by atoms with Gasteiger partial charge in [0.1, 0.15) is 5.69 Å².